The van der Waals surface area contributed by atoms with E-state index in [0.717, 1.165) is 35.2 Å². The van der Waals surface area contributed by atoms with Crippen molar-refractivity contribution in [3.63, 3.8) is 0 Å². The summed E-state index contributed by atoms with van der Waals surface area (Å²) >= 11 is 0. The van der Waals surface area contributed by atoms with Crippen LogP contribution in [0, 0.1) is 0 Å². The predicted molar refractivity (Wildman–Crippen MR) is 91.4 cm³/mol. The lowest BCUT2D eigenvalue weighted by molar-refractivity contribution is 0.104. The molecule has 6 heteroatoms. The Hall–Kier alpha value is -3.15. The molecule has 24 heavy (non-hydrogen) atoms. The van der Waals surface area contributed by atoms with Gasteiger partial charge in [-0.3, -0.25) is 14.8 Å². The van der Waals surface area contributed by atoms with Gasteiger partial charge in [0, 0.05) is 36.1 Å². The number of aromatic nitrogens is 1. The first-order valence-corrected chi connectivity index (χ1v) is 7.70. The average Bonchev–Trinajstić information content (AvgIpc) is 3.12. The van der Waals surface area contributed by atoms with Crippen LogP contribution in [0.25, 0.3) is 0 Å². The molecule has 0 radical (unpaired) electrons. The van der Waals surface area contributed by atoms with E-state index in [2.05, 4.69) is 15.3 Å². The number of aliphatic imine (C=N–C) groups is 1. The summed E-state index contributed by atoms with van der Waals surface area (Å²) in [5.74, 6) is 2.29. The fraction of sp³-hybridized carbons (Fsp3) is 0.167. The van der Waals surface area contributed by atoms with E-state index in [1.807, 2.05) is 23.1 Å². The van der Waals surface area contributed by atoms with E-state index in [0.29, 0.717) is 12.1 Å². The van der Waals surface area contributed by atoms with Gasteiger partial charge >= 0.3 is 0 Å². The van der Waals surface area contributed by atoms with Crippen LogP contribution in [-0.2, 0) is 0 Å². The standard InChI is InChI=1S/C18H16N4O2/c1-24-13-4-5-15-14(9-13)18-20-7-8-22(18)17(21-15)10-16(23)12-3-2-6-19-11-12/h2-6,9-11,21H,7-8H2,1H3/b17-10+. The van der Waals surface area contributed by atoms with Crippen molar-refractivity contribution in [2.24, 2.45) is 4.99 Å². The van der Waals surface area contributed by atoms with Gasteiger partial charge in [0.25, 0.3) is 0 Å². The number of anilines is 1. The van der Waals surface area contributed by atoms with E-state index in [9.17, 15) is 4.79 Å². The van der Waals surface area contributed by atoms with Gasteiger partial charge in [0.1, 0.15) is 17.4 Å². The van der Waals surface area contributed by atoms with E-state index in [1.54, 1.807) is 37.7 Å². The largest absolute Gasteiger partial charge is 0.497 e. The van der Waals surface area contributed by atoms with Crippen molar-refractivity contribution in [3.05, 3.63) is 65.7 Å². The summed E-state index contributed by atoms with van der Waals surface area (Å²) in [6, 6.07) is 9.29. The minimum absolute atomic E-state index is 0.0891. The number of nitrogens with one attached hydrogen (secondary N) is 1. The number of ether oxygens (including phenoxy) is 1. The number of fused-ring (bicyclic) bond motifs is 3. The normalized spacial score (nSPS) is 17.0. The summed E-state index contributed by atoms with van der Waals surface area (Å²) < 4.78 is 5.30. The molecule has 6 nitrogen and oxygen atoms in total. The highest BCUT2D eigenvalue weighted by atomic mass is 16.5. The van der Waals surface area contributed by atoms with Gasteiger partial charge in [0.15, 0.2) is 5.78 Å². The van der Waals surface area contributed by atoms with Crippen LogP contribution in [0.2, 0.25) is 0 Å². The van der Waals surface area contributed by atoms with Crippen LogP contribution in [-0.4, -0.2) is 41.7 Å². The van der Waals surface area contributed by atoms with E-state index >= 15 is 0 Å². The number of hydrogen-bond donors (Lipinski definition) is 1. The van der Waals surface area contributed by atoms with Gasteiger partial charge in [0.05, 0.1) is 19.3 Å². The Bertz CT molecular complexity index is 859. The Morgan fingerprint density at radius 3 is 3.08 bits per heavy atom. The molecular weight excluding hydrogens is 304 g/mol. The van der Waals surface area contributed by atoms with Gasteiger partial charge in [-0.2, -0.15) is 0 Å². The van der Waals surface area contributed by atoms with Crippen LogP contribution >= 0.6 is 0 Å². The maximum atomic E-state index is 12.5. The molecule has 2 aromatic rings. The molecule has 0 atom stereocenters. The summed E-state index contributed by atoms with van der Waals surface area (Å²) in [5, 5.41) is 3.33. The van der Waals surface area contributed by atoms with Gasteiger partial charge in [-0.05, 0) is 30.3 Å². The van der Waals surface area contributed by atoms with Crippen molar-refractivity contribution in [2.45, 2.75) is 0 Å². The Kier molecular flexibility index (Phi) is 3.49. The Morgan fingerprint density at radius 2 is 2.29 bits per heavy atom. The monoisotopic (exact) mass is 320 g/mol. The summed E-state index contributed by atoms with van der Waals surface area (Å²) in [7, 11) is 1.64. The number of nitrogens with zero attached hydrogens (tertiary/aromatic N) is 3. The van der Waals surface area contributed by atoms with Crippen molar-refractivity contribution in [1.82, 2.24) is 9.88 Å². The lowest BCUT2D eigenvalue weighted by Crippen LogP contribution is -2.36. The van der Waals surface area contributed by atoms with Gasteiger partial charge < -0.3 is 15.0 Å². The fourth-order valence-corrected chi connectivity index (χ4v) is 2.89. The fourth-order valence-electron chi connectivity index (χ4n) is 2.89. The number of methoxy groups -OCH3 is 1. The van der Waals surface area contributed by atoms with Crippen LogP contribution in [0.4, 0.5) is 5.69 Å². The van der Waals surface area contributed by atoms with E-state index in [1.165, 1.54) is 0 Å². The molecule has 3 heterocycles. The molecule has 0 amide bonds. The second-order valence-corrected chi connectivity index (χ2v) is 5.53. The molecular formula is C18H16N4O2. The molecule has 4 rings (SSSR count). The van der Waals surface area contributed by atoms with E-state index in [4.69, 9.17) is 4.74 Å². The van der Waals surface area contributed by atoms with Crippen LogP contribution in [0.5, 0.6) is 5.75 Å². The van der Waals surface area contributed by atoms with Crippen LogP contribution in [0.15, 0.2) is 59.6 Å². The number of carbonyl (C=O) groups excluding carboxylic acids is 1. The summed E-state index contributed by atoms with van der Waals surface area (Å²) in [6.45, 7) is 1.44. The van der Waals surface area contributed by atoms with Crippen LogP contribution in [0.1, 0.15) is 15.9 Å². The highest BCUT2D eigenvalue weighted by Crippen LogP contribution is 2.32. The second-order valence-electron chi connectivity index (χ2n) is 5.53. The maximum Gasteiger partial charge on any atom is 0.191 e. The van der Waals surface area contributed by atoms with Gasteiger partial charge in [-0.15, -0.1) is 0 Å². The van der Waals surface area contributed by atoms with Gasteiger partial charge in [0.2, 0.25) is 0 Å². The van der Waals surface area contributed by atoms with Crippen molar-refractivity contribution >= 4 is 17.3 Å². The molecule has 0 unspecified atom stereocenters. The van der Waals surface area contributed by atoms with Crippen LogP contribution < -0.4 is 10.1 Å². The zero-order valence-corrected chi connectivity index (χ0v) is 13.2. The average molecular weight is 320 g/mol. The zero-order valence-electron chi connectivity index (χ0n) is 13.2. The van der Waals surface area contributed by atoms with Crippen molar-refractivity contribution in [1.29, 1.82) is 0 Å². The topological polar surface area (TPSA) is 66.8 Å². The first-order valence-electron chi connectivity index (χ1n) is 7.70. The third-order valence-corrected chi connectivity index (χ3v) is 4.08. The third kappa shape index (κ3) is 2.42. The first kappa shape index (κ1) is 14.4. The minimum Gasteiger partial charge on any atom is -0.497 e. The van der Waals surface area contributed by atoms with Gasteiger partial charge in [-0.1, -0.05) is 0 Å². The minimum atomic E-state index is -0.0891. The maximum absolute atomic E-state index is 12.5. The smallest absolute Gasteiger partial charge is 0.191 e. The molecule has 1 aromatic heterocycles. The molecule has 2 aliphatic rings. The number of pyridine rings is 1. The molecule has 0 saturated heterocycles. The van der Waals surface area contributed by atoms with Crippen LogP contribution in [0.3, 0.4) is 0 Å². The second kappa shape index (κ2) is 5.81. The Morgan fingerprint density at radius 1 is 1.38 bits per heavy atom. The molecule has 0 aliphatic carbocycles. The third-order valence-electron chi connectivity index (χ3n) is 4.08. The highest BCUT2D eigenvalue weighted by Gasteiger charge is 2.30. The van der Waals surface area contributed by atoms with E-state index in [-0.39, 0.29) is 5.78 Å². The quantitative estimate of drug-likeness (QED) is 0.694. The number of rotatable bonds is 3. The number of hydrogen-bond acceptors (Lipinski definition) is 6. The summed E-state index contributed by atoms with van der Waals surface area (Å²) in [4.78, 5) is 23.1. The predicted octanol–water partition coefficient (Wildman–Crippen LogP) is 2.30. The van der Waals surface area contributed by atoms with Gasteiger partial charge in [-0.25, -0.2) is 0 Å². The molecule has 0 spiro atoms. The number of benzene rings is 1. The lowest BCUT2D eigenvalue weighted by Gasteiger charge is -2.31. The molecule has 0 bridgehead atoms. The van der Waals surface area contributed by atoms with E-state index < -0.39 is 0 Å². The first-order chi connectivity index (χ1) is 11.8. The highest BCUT2D eigenvalue weighted by molar-refractivity contribution is 6.10. The lowest BCUT2D eigenvalue weighted by atomic mass is 10.1. The SMILES string of the molecule is COc1ccc2c(c1)C1=NCCN1/C(=C/C(=O)c1cccnc1)N2. The molecule has 0 fully saturated rings. The van der Waals surface area contributed by atoms with Crippen molar-refractivity contribution in [2.75, 3.05) is 25.5 Å². The molecule has 0 saturated carbocycles. The number of allylic oxidation sites excluding steroid dienone is 1. The Labute approximate surface area is 139 Å². The van der Waals surface area contributed by atoms with Crippen molar-refractivity contribution < 1.29 is 9.53 Å². The number of amidine groups is 1. The number of ketones is 1. The van der Waals surface area contributed by atoms with Crippen molar-refractivity contribution in [3.8, 4) is 5.75 Å². The number of carbonyl (C=O) groups is 1. The molecule has 2 aliphatic heterocycles. The Balaban J connectivity index is 1.72. The summed E-state index contributed by atoms with van der Waals surface area (Å²) in [5.41, 5.74) is 2.46. The summed E-state index contributed by atoms with van der Waals surface area (Å²) in [6.07, 6.45) is 4.82. The molecule has 120 valence electrons. The zero-order chi connectivity index (χ0) is 16.5. The molecule has 1 N–H and O–H groups in total. The molecule has 1 aromatic carbocycles.